The van der Waals surface area contributed by atoms with Crippen molar-refractivity contribution in [3.63, 3.8) is 0 Å². The molecule has 0 radical (unpaired) electrons. The van der Waals surface area contributed by atoms with Crippen LogP contribution in [0.3, 0.4) is 0 Å². The Morgan fingerprint density at radius 3 is 1.45 bits per heavy atom. The number of nitrogens with zero attached hydrogens (tertiary/aromatic N) is 2. The van der Waals surface area contributed by atoms with Crippen LogP contribution in [0.1, 0.15) is 142 Å². The molecule has 4 aliphatic rings. The Labute approximate surface area is 511 Å². The molecule has 3 heterocycles. The molecule has 3 nitrogen and oxygen atoms in total. The molecular formula is C82H79BN2O. The number of benzene rings is 9. The van der Waals surface area contributed by atoms with Gasteiger partial charge in [-0.15, -0.1) is 0 Å². The number of hydrogen-bond acceptors (Lipinski definition) is 2. The van der Waals surface area contributed by atoms with Crippen LogP contribution in [0.5, 0.6) is 5.75 Å². The highest BCUT2D eigenvalue weighted by molar-refractivity contribution is 6.90. The number of aromatic nitrogens is 1. The predicted octanol–water partition coefficient (Wildman–Crippen LogP) is 21.4. The zero-order valence-electron chi connectivity index (χ0n) is 52.4. The molecule has 4 heteroatoms. The lowest BCUT2D eigenvalue weighted by Crippen LogP contribution is -2.49. The summed E-state index contributed by atoms with van der Waals surface area (Å²) in [6, 6.07) is 78.4. The third-order valence-electron chi connectivity index (χ3n) is 19.0. The van der Waals surface area contributed by atoms with Crippen LogP contribution in [0.25, 0.3) is 66.5 Å². The number of fused-ring (bicyclic) bond motifs is 5. The van der Waals surface area contributed by atoms with E-state index in [-0.39, 0.29) is 34.3 Å². The highest BCUT2D eigenvalue weighted by Gasteiger charge is 2.48. The summed E-state index contributed by atoms with van der Waals surface area (Å²) in [6.07, 6.45) is 7.68. The number of ether oxygens (including phenoxy) is 1. The minimum atomic E-state index is -0.157. The molecule has 0 bridgehead atoms. The van der Waals surface area contributed by atoms with Gasteiger partial charge in [0.25, 0.3) is 6.71 Å². The molecule has 0 saturated heterocycles. The van der Waals surface area contributed by atoms with Crippen molar-refractivity contribution >= 4 is 56.6 Å². The summed E-state index contributed by atoms with van der Waals surface area (Å²) in [5.74, 6) is 1.89. The van der Waals surface area contributed by atoms with Gasteiger partial charge in [0.15, 0.2) is 0 Å². The Morgan fingerprint density at radius 1 is 0.430 bits per heavy atom. The molecule has 1 atom stereocenters. The van der Waals surface area contributed by atoms with Gasteiger partial charge in [-0.05, 0) is 167 Å². The molecule has 0 spiro atoms. The summed E-state index contributed by atoms with van der Waals surface area (Å²) >= 11 is 0. The van der Waals surface area contributed by atoms with Gasteiger partial charge in [0.05, 0.1) is 16.7 Å². The Balaban J connectivity index is 1.11. The lowest BCUT2D eigenvalue weighted by Gasteiger charge is -2.46. The Hall–Kier alpha value is -8.60. The Kier molecular flexibility index (Phi) is 13.2. The van der Waals surface area contributed by atoms with Crippen molar-refractivity contribution in [3.05, 3.63) is 274 Å². The topological polar surface area (TPSA) is 17.4 Å². The van der Waals surface area contributed by atoms with Crippen LogP contribution in [-0.4, -0.2) is 11.3 Å². The normalized spacial score (nSPS) is 16.2. The second-order valence-corrected chi connectivity index (χ2v) is 28.9. The first-order valence-electron chi connectivity index (χ1n) is 31.3. The van der Waals surface area contributed by atoms with Crippen molar-refractivity contribution in [3.8, 4) is 39.1 Å². The molecule has 0 saturated carbocycles. The van der Waals surface area contributed by atoms with Crippen molar-refractivity contribution in [1.82, 2.24) is 4.57 Å². The van der Waals surface area contributed by atoms with Crippen molar-refractivity contribution < 1.29 is 4.74 Å². The van der Waals surface area contributed by atoms with E-state index >= 15 is 0 Å². The van der Waals surface area contributed by atoms with E-state index in [1.54, 1.807) is 0 Å². The molecule has 1 unspecified atom stereocenters. The molecule has 0 N–H and O–H groups in total. The van der Waals surface area contributed by atoms with Crippen molar-refractivity contribution in [2.24, 2.45) is 0 Å². The zero-order valence-corrected chi connectivity index (χ0v) is 52.4. The maximum Gasteiger partial charge on any atom is 0.255 e. The Bertz CT molecular complexity index is 4320. The predicted molar refractivity (Wildman–Crippen MR) is 367 cm³/mol. The summed E-state index contributed by atoms with van der Waals surface area (Å²) in [6.45, 7) is 27.8. The van der Waals surface area contributed by atoms with Gasteiger partial charge < -0.3 is 14.2 Å². The minimum Gasteiger partial charge on any atom is -0.462 e. The van der Waals surface area contributed by atoms with E-state index in [4.69, 9.17) is 4.74 Å². The largest absolute Gasteiger partial charge is 0.462 e. The maximum absolute atomic E-state index is 7.96. The van der Waals surface area contributed by atoms with E-state index in [2.05, 4.69) is 311 Å². The fraction of sp³-hybridized carbons (Fsp3) is 0.244. The van der Waals surface area contributed by atoms with Crippen LogP contribution >= 0.6 is 0 Å². The molecule has 1 aromatic heterocycles. The van der Waals surface area contributed by atoms with Crippen molar-refractivity contribution in [1.29, 1.82) is 0 Å². The number of allylic oxidation sites excluding steroid dienone is 8. The summed E-state index contributed by atoms with van der Waals surface area (Å²) < 4.78 is 10.6. The average molecular weight is 1120 g/mol. The molecule has 0 fully saturated rings. The average Bonchev–Trinajstić information content (AvgIpc) is 0.761. The second kappa shape index (κ2) is 20.5. The van der Waals surface area contributed by atoms with Crippen LogP contribution in [0.4, 0.5) is 11.4 Å². The molecule has 2 aliphatic heterocycles. The van der Waals surface area contributed by atoms with Crippen molar-refractivity contribution in [2.75, 3.05) is 4.90 Å². The third kappa shape index (κ3) is 9.61. The van der Waals surface area contributed by atoms with Gasteiger partial charge in [0.2, 0.25) is 0 Å². The van der Waals surface area contributed by atoms with Gasteiger partial charge >= 0.3 is 0 Å². The third-order valence-corrected chi connectivity index (χ3v) is 19.0. The summed E-state index contributed by atoms with van der Waals surface area (Å²) in [7, 11) is 0. The van der Waals surface area contributed by atoms with Crippen LogP contribution in [0.2, 0.25) is 0 Å². The molecule has 14 rings (SSSR count). The molecule has 9 aromatic carbocycles. The number of hydrogen-bond donors (Lipinski definition) is 0. The maximum atomic E-state index is 7.96. The van der Waals surface area contributed by atoms with Gasteiger partial charge in [0.1, 0.15) is 11.5 Å². The quantitative estimate of drug-likeness (QED) is 0.148. The highest BCUT2D eigenvalue weighted by atomic mass is 16.5. The minimum absolute atomic E-state index is 0.0109. The van der Waals surface area contributed by atoms with E-state index in [9.17, 15) is 0 Å². The van der Waals surface area contributed by atoms with Gasteiger partial charge in [-0.25, -0.2) is 0 Å². The fourth-order valence-corrected chi connectivity index (χ4v) is 14.1. The van der Waals surface area contributed by atoms with Gasteiger partial charge in [0, 0.05) is 51.3 Å². The molecule has 86 heavy (non-hydrogen) atoms. The van der Waals surface area contributed by atoms with Crippen LogP contribution < -0.4 is 15.1 Å². The first kappa shape index (κ1) is 55.3. The summed E-state index contributed by atoms with van der Waals surface area (Å²) in [4.78, 5) is 2.72. The standard InChI is InChI=1S/C82H79BN2O/c1-79(2,3)59-36-33-53(34-37-59)58-44-74-76-75(45-58)86-78-66(56-31-23-16-24-32-56)50-63(84-71-41-38-60(80(4,5)6)46-67(71)68-47-61(81(7,8)9)39-42-72(68)84)51-70(78)83(76)69-43-57(52-25-17-13-18-26-52)35-40-73(69)85(74)77-64(54-27-19-14-20-28-54)48-62(82(10,11)12)49-65(77)55-29-21-15-22-30-55/h13-34,36-39,41-49,51,66H,35,40,50H2,1-12H3. The fourth-order valence-electron chi connectivity index (χ4n) is 14.1. The smallest absolute Gasteiger partial charge is 0.255 e. The molecule has 2 aliphatic carbocycles. The monoisotopic (exact) mass is 1120 g/mol. The highest BCUT2D eigenvalue weighted by Crippen LogP contribution is 2.56. The van der Waals surface area contributed by atoms with Gasteiger partial charge in [-0.2, -0.15) is 0 Å². The number of anilines is 2. The van der Waals surface area contributed by atoms with Crippen LogP contribution in [0.15, 0.2) is 241 Å². The summed E-state index contributed by atoms with van der Waals surface area (Å²) in [5.41, 5.74) is 27.3. The first-order chi connectivity index (χ1) is 41.2. The van der Waals surface area contributed by atoms with E-state index in [0.29, 0.717) is 0 Å². The van der Waals surface area contributed by atoms with Crippen molar-refractivity contribution in [2.45, 2.75) is 130 Å². The van der Waals surface area contributed by atoms with Crippen LogP contribution in [-0.2, 0) is 21.7 Å². The molecule has 426 valence electrons. The van der Waals surface area contributed by atoms with E-state index < -0.39 is 0 Å². The van der Waals surface area contributed by atoms with E-state index in [1.165, 1.54) is 128 Å². The molecule has 10 aromatic rings. The summed E-state index contributed by atoms with van der Waals surface area (Å²) in [5, 5.41) is 2.60. The van der Waals surface area contributed by atoms with Gasteiger partial charge in [-0.3, -0.25) is 0 Å². The lowest BCUT2D eigenvalue weighted by molar-refractivity contribution is 0.379. The number of rotatable bonds is 7. The SMILES string of the molecule is CC(C)(C)c1ccc(-c2cc3c4c(c2)N(c2c(-c5ccccc5)cc(C(C)(C)C)cc2-c2ccccc2)C2=C(C=C(c5ccccc5)CC2)B4C2=C(O3)C(c3ccccc3)CC(n3c4ccc(C(C)(C)C)cc4c4cc(C(C)(C)C)ccc43)=C2)cc1. The van der Waals surface area contributed by atoms with Gasteiger partial charge in [-0.1, -0.05) is 247 Å². The van der Waals surface area contributed by atoms with E-state index in [0.717, 1.165) is 36.3 Å². The Morgan fingerprint density at radius 2 is 0.930 bits per heavy atom. The molecule has 0 amide bonds. The van der Waals surface area contributed by atoms with Crippen LogP contribution in [0, 0.1) is 0 Å². The first-order valence-corrected chi connectivity index (χ1v) is 31.3. The lowest BCUT2D eigenvalue weighted by atomic mass is 9.31. The second-order valence-electron chi connectivity index (χ2n) is 28.9. The molecular weight excluding hydrogens is 1040 g/mol. The zero-order chi connectivity index (χ0) is 59.6. The van der Waals surface area contributed by atoms with E-state index in [1.807, 2.05) is 0 Å².